The van der Waals surface area contributed by atoms with E-state index in [1.165, 1.54) is 25.7 Å². The summed E-state index contributed by atoms with van der Waals surface area (Å²) >= 11 is 0. The Labute approximate surface area is 88.5 Å². The van der Waals surface area contributed by atoms with Crippen LogP contribution >= 0.6 is 0 Å². The molecule has 0 aromatic rings. The van der Waals surface area contributed by atoms with Crippen LogP contribution in [0.5, 0.6) is 0 Å². The van der Waals surface area contributed by atoms with E-state index in [1.807, 2.05) is 0 Å². The maximum atomic E-state index is 9.29. The summed E-state index contributed by atoms with van der Waals surface area (Å²) in [6, 6.07) is 2.59. The maximum absolute atomic E-state index is 9.29. The summed E-state index contributed by atoms with van der Waals surface area (Å²) in [4.78, 5) is 0. The number of nitrogens with zero attached hydrogens (tertiary/aromatic N) is 1. The van der Waals surface area contributed by atoms with Crippen molar-refractivity contribution >= 4 is 0 Å². The molecule has 80 valence electrons. The highest BCUT2D eigenvalue weighted by Gasteiger charge is 2.32. The monoisotopic (exact) mass is 193 g/mol. The van der Waals surface area contributed by atoms with Crippen LogP contribution in [0.25, 0.3) is 0 Å². The van der Waals surface area contributed by atoms with Gasteiger partial charge in [0.15, 0.2) is 0 Å². The van der Waals surface area contributed by atoms with Gasteiger partial charge in [0.2, 0.25) is 0 Å². The Hall–Kier alpha value is -0.510. The van der Waals surface area contributed by atoms with Crippen LogP contribution in [0.1, 0.15) is 65.7 Å². The number of rotatable bonds is 2. The summed E-state index contributed by atoms with van der Waals surface area (Å²) in [7, 11) is 0. The van der Waals surface area contributed by atoms with Crippen molar-refractivity contribution in [2.75, 3.05) is 0 Å². The molecule has 1 heteroatoms. The Morgan fingerprint density at radius 1 is 1.14 bits per heavy atom. The Kier molecular flexibility index (Phi) is 3.59. The molecule has 1 fully saturated rings. The lowest BCUT2D eigenvalue weighted by Gasteiger charge is -2.33. The smallest absolute Gasteiger partial charge is 0.0689 e. The molecule has 0 atom stereocenters. The van der Waals surface area contributed by atoms with E-state index in [0.29, 0.717) is 5.41 Å². The van der Waals surface area contributed by atoms with Crippen LogP contribution in [0.2, 0.25) is 0 Å². The lowest BCUT2D eigenvalue weighted by Crippen LogP contribution is -2.24. The predicted octanol–water partition coefficient (Wildman–Crippen LogP) is 4.29. The van der Waals surface area contributed by atoms with E-state index in [0.717, 1.165) is 19.3 Å². The van der Waals surface area contributed by atoms with Gasteiger partial charge < -0.3 is 0 Å². The first kappa shape index (κ1) is 11.6. The minimum absolute atomic E-state index is 0.0333. The molecule has 1 aliphatic carbocycles. The van der Waals surface area contributed by atoms with Gasteiger partial charge in [-0.05, 0) is 31.1 Å². The average Bonchev–Trinajstić information content (AvgIpc) is 2.15. The lowest BCUT2D eigenvalue weighted by molar-refractivity contribution is 0.209. The third-order valence-corrected chi connectivity index (χ3v) is 3.40. The van der Waals surface area contributed by atoms with Crippen molar-refractivity contribution in [1.82, 2.24) is 0 Å². The highest BCUT2D eigenvalue weighted by atomic mass is 14.4. The molecule has 0 radical (unpaired) electrons. The molecule has 1 aliphatic rings. The second kappa shape index (κ2) is 4.34. The Balaban J connectivity index is 2.50. The third kappa shape index (κ3) is 3.33. The highest BCUT2D eigenvalue weighted by Crippen LogP contribution is 2.41. The normalized spacial score (nSPS) is 21.6. The molecule has 0 bridgehead atoms. The van der Waals surface area contributed by atoms with Crippen molar-refractivity contribution in [3.8, 4) is 6.07 Å². The molecule has 0 unspecified atom stereocenters. The summed E-state index contributed by atoms with van der Waals surface area (Å²) in [5.41, 5.74) is 0.410. The van der Waals surface area contributed by atoms with Crippen LogP contribution in [0, 0.1) is 22.2 Å². The zero-order valence-corrected chi connectivity index (χ0v) is 9.90. The van der Waals surface area contributed by atoms with Crippen LogP contribution in [0.15, 0.2) is 0 Å². The Morgan fingerprint density at radius 3 is 2.14 bits per heavy atom. The first-order valence-corrected chi connectivity index (χ1v) is 5.89. The molecule has 1 saturated carbocycles. The molecular formula is C13H23N. The molecule has 0 spiro atoms. The standard InChI is InChI=1S/C13H23N/c1-12(2,3)9-10-13(11-14)7-5-4-6-8-13/h4-10H2,1-3H3. The largest absolute Gasteiger partial charge is 0.198 e. The number of hydrogen-bond acceptors (Lipinski definition) is 1. The quantitative estimate of drug-likeness (QED) is 0.642. The molecule has 1 nitrogen and oxygen atoms in total. The van der Waals surface area contributed by atoms with Gasteiger partial charge in [-0.1, -0.05) is 40.0 Å². The number of hydrogen-bond donors (Lipinski definition) is 0. The van der Waals surface area contributed by atoms with Crippen molar-refractivity contribution in [1.29, 1.82) is 5.26 Å². The van der Waals surface area contributed by atoms with Crippen LogP contribution in [-0.2, 0) is 0 Å². The molecule has 1 rings (SSSR count). The first-order valence-electron chi connectivity index (χ1n) is 5.89. The van der Waals surface area contributed by atoms with Gasteiger partial charge in [0.05, 0.1) is 11.5 Å². The van der Waals surface area contributed by atoms with Gasteiger partial charge in [-0.2, -0.15) is 5.26 Å². The summed E-state index contributed by atoms with van der Waals surface area (Å²) in [5.74, 6) is 0. The van der Waals surface area contributed by atoms with Gasteiger partial charge in [-0.25, -0.2) is 0 Å². The summed E-state index contributed by atoms with van der Waals surface area (Å²) in [6.07, 6.45) is 8.42. The Morgan fingerprint density at radius 2 is 1.71 bits per heavy atom. The minimum atomic E-state index is 0.0333. The van der Waals surface area contributed by atoms with Gasteiger partial charge >= 0.3 is 0 Å². The molecule has 0 aromatic heterocycles. The van der Waals surface area contributed by atoms with E-state index >= 15 is 0 Å². The van der Waals surface area contributed by atoms with Crippen LogP contribution in [0.3, 0.4) is 0 Å². The van der Waals surface area contributed by atoms with E-state index < -0.39 is 0 Å². The molecule has 0 amide bonds. The van der Waals surface area contributed by atoms with Crippen molar-refractivity contribution in [3.63, 3.8) is 0 Å². The fourth-order valence-electron chi connectivity index (χ4n) is 2.26. The fraction of sp³-hybridized carbons (Fsp3) is 0.923. The molecular weight excluding hydrogens is 170 g/mol. The topological polar surface area (TPSA) is 23.8 Å². The summed E-state index contributed by atoms with van der Waals surface area (Å²) < 4.78 is 0. The van der Waals surface area contributed by atoms with Gasteiger partial charge in [0.1, 0.15) is 0 Å². The zero-order valence-electron chi connectivity index (χ0n) is 9.90. The number of nitriles is 1. The first-order chi connectivity index (χ1) is 6.47. The minimum Gasteiger partial charge on any atom is -0.198 e. The molecule has 0 heterocycles. The fourth-order valence-corrected chi connectivity index (χ4v) is 2.26. The van der Waals surface area contributed by atoms with E-state index in [1.54, 1.807) is 0 Å². The summed E-state index contributed by atoms with van der Waals surface area (Å²) in [6.45, 7) is 6.79. The second-order valence-electron chi connectivity index (χ2n) is 6.01. The van der Waals surface area contributed by atoms with Crippen LogP contribution in [0.4, 0.5) is 0 Å². The SMILES string of the molecule is CC(C)(C)CCC1(C#N)CCCCC1. The second-order valence-corrected chi connectivity index (χ2v) is 6.01. The molecule has 14 heavy (non-hydrogen) atoms. The van der Waals surface area contributed by atoms with E-state index in [-0.39, 0.29) is 5.41 Å². The van der Waals surface area contributed by atoms with Crippen molar-refractivity contribution in [2.45, 2.75) is 65.7 Å². The molecule has 0 aromatic carbocycles. The van der Waals surface area contributed by atoms with E-state index in [9.17, 15) is 5.26 Å². The van der Waals surface area contributed by atoms with Gasteiger partial charge in [0, 0.05) is 0 Å². The highest BCUT2D eigenvalue weighted by molar-refractivity contribution is 5.00. The van der Waals surface area contributed by atoms with Crippen molar-refractivity contribution in [2.24, 2.45) is 10.8 Å². The maximum Gasteiger partial charge on any atom is 0.0689 e. The van der Waals surface area contributed by atoms with Gasteiger partial charge in [-0.3, -0.25) is 0 Å². The predicted molar refractivity (Wildman–Crippen MR) is 59.8 cm³/mol. The van der Waals surface area contributed by atoms with Gasteiger partial charge in [-0.15, -0.1) is 0 Å². The third-order valence-electron chi connectivity index (χ3n) is 3.40. The van der Waals surface area contributed by atoms with Crippen molar-refractivity contribution < 1.29 is 0 Å². The van der Waals surface area contributed by atoms with E-state index in [4.69, 9.17) is 0 Å². The lowest BCUT2D eigenvalue weighted by atomic mass is 9.70. The van der Waals surface area contributed by atoms with Crippen molar-refractivity contribution in [3.05, 3.63) is 0 Å². The Bertz CT molecular complexity index is 210. The zero-order chi connectivity index (χ0) is 10.7. The van der Waals surface area contributed by atoms with Gasteiger partial charge in [0.25, 0.3) is 0 Å². The van der Waals surface area contributed by atoms with Crippen LogP contribution < -0.4 is 0 Å². The molecule has 0 aliphatic heterocycles. The van der Waals surface area contributed by atoms with Crippen LogP contribution in [-0.4, -0.2) is 0 Å². The summed E-state index contributed by atoms with van der Waals surface area (Å²) in [5, 5.41) is 9.29. The molecule has 0 saturated heterocycles. The molecule has 0 N–H and O–H groups in total. The average molecular weight is 193 g/mol. The van der Waals surface area contributed by atoms with E-state index in [2.05, 4.69) is 26.8 Å².